The predicted octanol–water partition coefficient (Wildman–Crippen LogP) is 3.76. The molecule has 1 atom stereocenters. The first-order valence-electron chi connectivity index (χ1n) is 6.50. The van der Waals surface area contributed by atoms with Gasteiger partial charge in [0.1, 0.15) is 5.75 Å². The number of imidazole rings is 1. The molecule has 0 fully saturated rings. The summed E-state index contributed by atoms with van der Waals surface area (Å²) in [4.78, 5) is 4.00. The minimum atomic E-state index is -4.67. The normalized spacial score (nSPS) is 12.0. The lowest BCUT2D eigenvalue weighted by atomic mass is 10.0. The number of aromatic nitrogens is 2. The first-order valence-corrected chi connectivity index (χ1v) is 6.50. The summed E-state index contributed by atoms with van der Waals surface area (Å²) in [6, 6.07) is 6.02. The highest BCUT2D eigenvalue weighted by atomic mass is 35.5. The average Bonchev–Trinajstić information content (AvgIpc) is 2.92. The highest BCUT2D eigenvalue weighted by Gasteiger charge is 2.30. The third-order valence-corrected chi connectivity index (χ3v) is 3.07. The Kier molecular flexibility index (Phi) is 9.04. The van der Waals surface area contributed by atoms with E-state index in [1.165, 1.54) is 12.1 Å². The average molecular weight is 372 g/mol. The van der Waals surface area contributed by atoms with Crippen LogP contribution in [0.4, 0.5) is 13.2 Å². The lowest BCUT2D eigenvalue weighted by molar-refractivity contribution is -0.274. The van der Waals surface area contributed by atoms with E-state index in [9.17, 15) is 13.2 Å². The Hall–Kier alpha value is -1.44. The molecule has 0 aliphatic heterocycles. The van der Waals surface area contributed by atoms with Gasteiger partial charge in [0, 0.05) is 18.4 Å². The minimum absolute atomic E-state index is 0. The number of ether oxygens (including phenoxy) is 1. The Balaban J connectivity index is 0.00000242. The highest BCUT2D eigenvalue weighted by molar-refractivity contribution is 5.85. The van der Waals surface area contributed by atoms with E-state index in [0.717, 1.165) is 12.0 Å². The summed E-state index contributed by atoms with van der Waals surface area (Å²) >= 11 is 0. The van der Waals surface area contributed by atoms with Gasteiger partial charge in [-0.05, 0) is 37.1 Å². The maximum Gasteiger partial charge on any atom is 0.573 e. The van der Waals surface area contributed by atoms with Crippen molar-refractivity contribution in [2.24, 2.45) is 5.73 Å². The van der Waals surface area contributed by atoms with Crippen molar-refractivity contribution in [3.8, 4) is 5.75 Å². The zero-order valence-corrected chi connectivity index (χ0v) is 13.7. The first-order chi connectivity index (χ1) is 9.98. The van der Waals surface area contributed by atoms with Crippen molar-refractivity contribution < 1.29 is 17.9 Å². The Bertz CT molecular complexity index is 547. The number of rotatable bonds is 6. The summed E-state index contributed by atoms with van der Waals surface area (Å²) in [6.07, 6.45) is 2.00. The fourth-order valence-electron chi connectivity index (χ4n) is 2.13. The molecule has 0 saturated carbocycles. The van der Waals surface area contributed by atoms with Gasteiger partial charge in [0.05, 0.1) is 6.33 Å². The fraction of sp³-hybridized carbons (Fsp3) is 0.357. The molecule has 0 spiro atoms. The van der Waals surface area contributed by atoms with E-state index in [1.807, 2.05) is 10.8 Å². The van der Waals surface area contributed by atoms with Crippen LogP contribution in [0.2, 0.25) is 0 Å². The van der Waals surface area contributed by atoms with E-state index >= 15 is 0 Å². The van der Waals surface area contributed by atoms with E-state index in [4.69, 9.17) is 5.73 Å². The summed E-state index contributed by atoms with van der Waals surface area (Å²) in [6.45, 7) is 0.526. The second-order valence-corrected chi connectivity index (χ2v) is 4.64. The van der Waals surface area contributed by atoms with Crippen molar-refractivity contribution in [1.82, 2.24) is 9.55 Å². The number of hydrogen-bond donors (Lipinski definition) is 1. The largest absolute Gasteiger partial charge is 0.573 e. The van der Waals surface area contributed by atoms with Crippen LogP contribution in [0, 0.1) is 0 Å². The smallest absolute Gasteiger partial charge is 0.406 e. The Morgan fingerprint density at radius 3 is 2.30 bits per heavy atom. The summed E-state index contributed by atoms with van der Waals surface area (Å²) in [5, 5.41) is 0. The maximum absolute atomic E-state index is 12.1. The summed E-state index contributed by atoms with van der Waals surface area (Å²) in [7, 11) is 0. The molecule has 2 rings (SSSR count). The summed E-state index contributed by atoms with van der Waals surface area (Å²) in [5.41, 5.74) is 6.52. The molecule has 1 heterocycles. The number of alkyl halides is 3. The van der Waals surface area contributed by atoms with E-state index in [-0.39, 0.29) is 36.6 Å². The highest BCUT2D eigenvalue weighted by Crippen LogP contribution is 2.24. The van der Waals surface area contributed by atoms with Crippen LogP contribution in [0.5, 0.6) is 5.75 Å². The Morgan fingerprint density at radius 2 is 1.83 bits per heavy atom. The van der Waals surface area contributed by atoms with Gasteiger partial charge in [-0.25, -0.2) is 4.98 Å². The predicted molar refractivity (Wildman–Crippen MR) is 86.3 cm³/mol. The molecule has 9 heteroatoms. The van der Waals surface area contributed by atoms with Gasteiger partial charge in [0.15, 0.2) is 0 Å². The van der Waals surface area contributed by atoms with Crippen LogP contribution in [0.1, 0.15) is 18.0 Å². The van der Waals surface area contributed by atoms with Gasteiger partial charge < -0.3 is 15.0 Å². The summed E-state index contributed by atoms with van der Waals surface area (Å²) in [5.74, 6) is -0.218. The molecule has 2 N–H and O–H groups in total. The molecular weight excluding hydrogens is 354 g/mol. The van der Waals surface area contributed by atoms with Gasteiger partial charge in [0.2, 0.25) is 0 Å². The number of nitrogens with zero attached hydrogens (tertiary/aromatic N) is 2. The van der Waals surface area contributed by atoms with Crippen LogP contribution in [-0.2, 0) is 6.42 Å². The van der Waals surface area contributed by atoms with Crippen molar-refractivity contribution in [2.45, 2.75) is 25.2 Å². The van der Waals surface area contributed by atoms with Crippen molar-refractivity contribution in [3.63, 3.8) is 0 Å². The fourth-order valence-corrected chi connectivity index (χ4v) is 2.13. The second kappa shape index (κ2) is 9.64. The minimum Gasteiger partial charge on any atom is -0.406 e. The Labute approximate surface area is 144 Å². The number of halogens is 5. The van der Waals surface area contributed by atoms with Crippen molar-refractivity contribution in [3.05, 3.63) is 48.5 Å². The zero-order valence-electron chi connectivity index (χ0n) is 12.1. The van der Waals surface area contributed by atoms with E-state index in [2.05, 4.69) is 9.72 Å². The standard InChI is InChI=1S/C14H16F3N3O.2ClH/c15-14(16,17)21-13-3-1-11(2-4-13)9-12(5-6-18)20-8-7-19-10-20;;/h1-4,7-8,10,12H,5-6,9,18H2;2*1H. The van der Waals surface area contributed by atoms with Gasteiger partial charge in [-0.1, -0.05) is 12.1 Å². The molecule has 2 aromatic rings. The second-order valence-electron chi connectivity index (χ2n) is 4.64. The van der Waals surface area contributed by atoms with Crippen LogP contribution < -0.4 is 10.5 Å². The molecule has 4 nitrogen and oxygen atoms in total. The van der Waals surface area contributed by atoms with Gasteiger partial charge in [0.25, 0.3) is 0 Å². The van der Waals surface area contributed by atoms with Gasteiger partial charge in [-0.3, -0.25) is 0 Å². The molecule has 130 valence electrons. The zero-order chi connectivity index (χ0) is 15.3. The molecule has 0 saturated heterocycles. The van der Waals surface area contributed by atoms with Crippen LogP contribution in [0.25, 0.3) is 0 Å². The van der Waals surface area contributed by atoms with Crippen LogP contribution in [0.15, 0.2) is 43.0 Å². The van der Waals surface area contributed by atoms with Crippen LogP contribution in [-0.4, -0.2) is 22.5 Å². The number of hydrogen-bond acceptors (Lipinski definition) is 3. The number of benzene rings is 1. The van der Waals surface area contributed by atoms with Gasteiger partial charge in [-0.2, -0.15) is 0 Å². The lowest BCUT2D eigenvalue weighted by Gasteiger charge is -2.18. The third-order valence-electron chi connectivity index (χ3n) is 3.07. The van der Waals surface area contributed by atoms with Crippen LogP contribution >= 0.6 is 24.8 Å². The molecule has 0 radical (unpaired) electrons. The van der Waals surface area contributed by atoms with Gasteiger partial charge >= 0.3 is 6.36 Å². The van der Waals surface area contributed by atoms with Crippen LogP contribution in [0.3, 0.4) is 0 Å². The van der Waals surface area contributed by atoms with E-state index in [0.29, 0.717) is 13.0 Å². The summed E-state index contributed by atoms with van der Waals surface area (Å²) < 4.78 is 42.1. The van der Waals surface area contributed by atoms with E-state index < -0.39 is 6.36 Å². The van der Waals surface area contributed by atoms with Crippen molar-refractivity contribution in [2.75, 3.05) is 6.54 Å². The van der Waals surface area contributed by atoms with Gasteiger partial charge in [-0.15, -0.1) is 38.0 Å². The van der Waals surface area contributed by atoms with Crippen molar-refractivity contribution in [1.29, 1.82) is 0 Å². The Morgan fingerprint density at radius 1 is 1.17 bits per heavy atom. The number of nitrogens with two attached hydrogens (primary N) is 1. The molecule has 0 aliphatic rings. The van der Waals surface area contributed by atoms with Crippen molar-refractivity contribution >= 4 is 24.8 Å². The SMILES string of the molecule is Cl.Cl.NCCC(Cc1ccc(OC(F)(F)F)cc1)n1ccnc1. The molecule has 0 amide bonds. The maximum atomic E-state index is 12.1. The monoisotopic (exact) mass is 371 g/mol. The lowest BCUT2D eigenvalue weighted by Crippen LogP contribution is -2.17. The van der Waals surface area contributed by atoms with E-state index in [1.54, 1.807) is 24.7 Å². The molecule has 23 heavy (non-hydrogen) atoms. The third kappa shape index (κ3) is 7.11. The molecular formula is C14H18Cl2F3N3O. The molecule has 1 unspecified atom stereocenters. The molecule has 1 aromatic carbocycles. The molecule has 1 aromatic heterocycles. The molecule has 0 aliphatic carbocycles. The quantitative estimate of drug-likeness (QED) is 0.840. The topological polar surface area (TPSA) is 53.1 Å². The molecule has 0 bridgehead atoms. The first kappa shape index (κ1) is 21.6.